The fraction of sp³-hybridized carbons (Fsp3) is 0.250. The van der Waals surface area contributed by atoms with Crippen molar-refractivity contribution in [2.45, 2.75) is 25.7 Å². The first kappa shape index (κ1) is 9.67. The highest BCUT2D eigenvalue weighted by molar-refractivity contribution is 7.26. The van der Waals surface area contributed by atoms with Crippen molar-refractivity contribution < 1.29 is 0 Å². The van der Waals surface area contributed by atoms with Gasteiger partial charge in [-0.15, -0.1) is 11.3 Å². The number of thiophene rings is 1. The van der Waals surface area contributed by atoms with Gasteiger partial charge in [-0.1, -0.05) is 30.3 Å². The Balaban J connectivity index is 2.16. The molecule has 3 aromatic rings. The molecule has 1 heteroatoms. The average molecular weight is 238 g/mol. The fourth-order valence-corrected chi connectivity index (χ4v) is 4.31. The van der Waals surface area contributed by atoms with E-state index in [1.807, 2.05) is 11.3 Å². The first-order valence-corrected chi connectivity index (χ1v) is 7.17. The van der Waals surface area contributed by atoms with Gasteiger partial charge in [0.1, 0.15) is 0 Å². The van der Waals surface area contributed by atoms with E-state index < -0.39 is 0 Å². The molecule has 0 saturated carbocycles. The molecule has 0 amide bonds. The lowest BCUT2D eigenvalue weighted by molar-refractivity contribution is 0.691. The molecule has 0 atom stereocenters. The number of hydrogen-bond donors (Lipinski definition) is 0. The van der Waals surface area contributed by atoms with Crippen LogP contribution in [0.5, 0.6) is 0 Å². The lowest BCUT2D eigenvalue weighted by Gasteiger charge is -2.15. The van der Waals surface area contributed by atoms with E-state index in [0.29, 0.717) is 0 Å². The summed E-state index contributed by atoms with van der Waals surface area (Å²) in [7, 11) is 0. The Labute approximate surface area is 105 Å². The van der Waals surface area contributed by atoms with E-state index in [4.69, 9.17) is 0 Å². The van der Waals surface area contributed by atoms with Crippen LogP contribution in [0.15, 0.2) is 36.4 Å². The van der Waals surface area contributed by atoms with Crippen molar-refractivity contribution in [1.82, 2.24) is 0 Å². The molecule has 0 radical (unpaired) electrons. The summed E-state index contributed by atoms with van der Waals surface area (Å²) in [6.45, 7) is 0. The third-order valence-electron chi connectivity index (χ3n) is 3.87. The molecule has 84 valence electrons. The first-order valence-electron chi connectivity index (χ1n) is 6.35. The number of benzene rings is 2. The Kier molecular flexibility index (Phi) is 2.03. The average Bonchev–Trinajstić information content (AvgIpc) is 2.78. The fourth-order valence-electron chi connectivity index (χ4n) is 3.01. The van der Waals surface area contributed by atoms with Gasteiger partial charge >= 0.3 is 0 Å². The van der Waals surface area contributed by atoms with Crippen molar-refractivity contribution in [2.24, 2.45) is 0 Å². The van der Waals surface area contributed by atoms with Crippen molar-refractivity contribution in [3.05, 3.63) is 47.5 Å². The van der Waals surface area contributed by atoms with E-state index in [1.54, 1.807) is 15.8 Å². The largest absolute Gasteiger partial charge is 0.135 e. The van der Waals surface area contributed by atoms with Crippen LogP contribution in [0.3, 0.4) is 0 Å². The summed E-state index contributed by atoms with van der Waals surface area (Å²) in [6.07, 6.45) is 5.28. The normalized spacial score (nSPS) is 15.3. The van der Waals surface area contributed by atoms with E-state index in [9.17, 15) is 0 Å². The molecular weight excluding hydrogens is 224 g/mol. The van der Waals surface area contributed by atoms with Crippen LogP contribution in [0.4, 0.5) is 0 Å². The molecular formula is C16H14S. The number of hydrogen-bond acceptors (Lipinski definition) is 1. The summed E-state index contributed by atoms with van der Waals surface area (Å²) in [5.74, 6) is 0. The van der Waals surface area contributed by atoms with E-state index in [-0.39, 0.29) is 0 Å². The molecule has 0 aliphatic heterocycles. The maximum absolute atomic E-state index is 2.36. The third-order valence-corrected chi connectivity index (χ3v) is 5.12. The predicted octanol–water partition coefficient (Wildman–Crippen LogP) is 4.93. The van der Waals surface area contributed by atoms with E-state index in [2.05, 4.69) is 36.4 Å². The predicted molar refractivity (Wildman–Crippen MR) is 76.0 cm³/mol. The lowest BCUT2D eigenvalue weighted by atomic mass is 9.90. The van der Waals surface area contributed by atoms with Crippen LogP contribution in [-0.2, 0) is 12.8 Å². The maximum Gasteiger partial charge on any atom is 0.0390 e. The minimum absolute atomic E-state index is 1.28. The van der Waals surface area contributed by atoms with Gasteiger partial charge in [0.2, 0.25) is 0 Å². The Bertz CT molecular complexity index is 706. The van der Waals surface area contributed by atoms with Gasteiger partial charge in [0, 0.05) is 20.2 Å². The Hall–Kier alpha value is -1.34. The number of aryl methyl sites for hydroxylation is 2. The first-order chi connectivity index (χ1) is 8.43. The van der Waals surface area contributed by atoms with Crippen LogP contribution in [0.25, 0.3) is 20.2 Å². The van der Waals surface area contributed by atoms with E-state index >= 15 is 0 Å². The second-order valence-corrected chi connectivity index (χ2v) is 5.94. The van der Waals surface area contributed by atoms with Crippen LogP contribution in [0, 0.1) is 0 Å². The summed E-state index contributed by atoms with van der Waals surface area (Å²) >= 11 is 1.98. The standard InChI is InChI=1S/C16H14S/c1-2-6-12-11(5-1)9-10-14-13-7-3-4-8-15(13)17-16(12)14/h3-4,7-10H,1-2,5-6H2. The maximum atomic E-state index is 2.36. The molecule has 4 rings (SSSR count). The van der Waals surface area contributed by atoms with Gasteiger partial charge in [0.15, 0.2) is 0 Å². The molecule has 0 N–H and O–H groups in total. The van der Waals surface area contributed by atoms with Gasteiger partial charge in [0.05, 0.1) is 0 Å². The van der Waals surface area contributed by atoms with Crippen LogP contribution in [0.1, 0.15) is 24.0 Å². The van der Waals surface area contributed by atoms with Gasteiger partial charge < -0.3 is 0 Å². The van der Waals surface area contributed by atoms with E-state index in [0.717, 1.165) is 0 Å². The molecule has 1 aromatic heterocycles. The highest BCUT2D eigenvalue weighted by Crippen LogP contribution is 2.39. The molecule has 0 fully saturated rings. The van der Waals surface area contributed by atoms with Crippen molar-refractivity contribution in [1.29, 1.82) is 0 Å². The summed E-state index contributed by atoms with van der Waals surface area (Å²) in [5.41, 5.74) is 3.23. The summed E-state index contributed by atoms with van der Waals surface area (Å²) in [5, 5.41) is 2.90. The monoisotopic (exact) mass is 238 g/mol. The van der Waals surface area contributed by atoms with Gasteiger partial charge in [0.25, 0.3) is 0 Å². The second kappa shape index (κ2) is 3.58. The van der Waals surface area contributed by atoms with Gasteiger partial charge in [-0.3, -0.25) is 0 Å². The zero-order valence-electron chi connectivity index (χ0n) is 9.70. The molecule has 1 aliphatic rings. The third kappa shape index (κ3) is 1.35. The number of fused-ring (bicyclic) bond motifs is 5. The zero-order chi connectivity index (χ0) is 11.2. The summed E-state index contributed by atoms with van der Waals surface area (Å²) in [6, 6.07) is 13.5. The second-order valence-electron chi connectivity index (χ2n) is 4.89. The Morgan fingerprint density at radius 3 is 2.71 bits per heavy atom. The quantitative estimate of drug-likeness (QED) is 0.520. The molecule has 0 spiro atoms. The Morgan fingerprint density at radius 1 is 0.824 bits per heavy atom. The minimum atomic E-state index is 1.28. The smallest absolute Gasteiger partial charge is 0.0390 e. The van der Waals surface area contributed by atoms with Crippen molar-refractivity contribution in [2.75, 3.05) is 0 Å². The molecule has 0 saturated heterocycles. The Morgan fingerprint density at radius 2 is 1.71 bits per heavy atom. The highest BCUT2D eigenvalue weighted by Gasteiger charge is 2.15. The summed E-state index contributed by atoms with van der Waals surface area (Å²) < 4.78 is 2.98. The van der Waals surface area contributed by atoms with E-state index in [1.165, 1.54) is 41.2 Å². The number of rotatable bonds is 0. The topological polar surface area (TPSA) is 0 Å². The SMILES string of the molecule is c1ccc2c(c1)sc1c3c(ccc12)CCCC3. The van der Waals surface area contributed by atoms with Crippen molar-refractivity contribution in [3.8, 4) is 0 Å². The van der Waals surface area contributed by atoms with Gasteiger partial charge in [-0.2, -0.15) is 0 Å². The van der Waals surface area contributed by atoms with Crippen molar-refractivity contribution in [3.63, 3.8) is 0 Å². The summed E-state index contributed by atoms with van der Waals surface area (Å²) in [4.78, 5) is 0. The van der Waals surface area contributed by atoms with Crippen LogP contribution in [0.2, 0.25) is 0 Å². The van der Waals surface area contributed by atoms with Crippen LogP contribution in [-0.4, -0.2) is 0 Å². The van der Waals surface area contributed by atoms with Crippen LogP contribution < -0.4 is 0 Å². The van der Waals surface area contributed by atoms with Crippen molar-refractivity contribution >= 4 is 31.5 Å². The molecule has 2 aromatic carbocycles. The van der Waals surface area contributed by atoms with Crippen LogP contribution >= 0.6 is 11.3 Å². The van der Waals surface area contributed by atoms with Gasteiger partial charge in [-0.05, 0) is 42.9 Å². The molecule has 17 heavy (non-hydrogen) atoms. The zero-order valence-corrected chi connectivity index (χ0v) is 10.5. The molecule has 1 aliphatic carbocycles. The minimum Gasteiger partial charge on any atom is -0.135 e. The van der Waals surface area contributed by atoms with Gasteiger partial charge in [-0.25, -0.2) is 0 Å². The molecule has 0 nitrogen and oxygen atoms in total. The highest BCUT2D eigenvalue weighted by atomic mass is 32.1. The molecule has 0 unspecified atom stereocenters. The lowest BCUT2D eigenvalue weighted by Crippen LogP contribution is -2.01. The molecule has 1 heterocycles. The molecule has 0 bridgehead atoms.